The Hall–Kier alpha value is -1.56. The third kappa shape index (κ3) is 2.64. The molecular weight excluding hydrogens is 234 g/mol. The van der Waals surface area contributed by atoms with Crippen LogP contribution in [-0.2, 0) is 4.74 Å². The number of urea groups is 1. The number of nitrogens with zero attached hydrogens (tertiary/aromatic N) is 2. The topological polar surface area (TPSA) is 67.6 Å². The fourth-order valence-corrected chi connectivity index (χ4v) is 2.19. The van der Waals surface area contributed by atoms with Crippen molar-refractivity contribution in [1.82, 2.24) is 10.1 Å². The van der Waals surface area contributed by atoms with Crippen molar-refractivity contribution in [3.63, 3.8) is 0 Å². The van der Waals surface area contributed by atoms with Gasteiger partial charge in [-0.15, -0.1) is 0 Å². The highest BCUT2D eigenvalue weighted by Gasteiger charge is 2.26. The van der Waals surface area contributed by atoms with Gasteiger partial charge >= 0.3 is 6.03 Å². The molecular formula is C12H19N3O3. The van der Waals surface area contributed by atoms with Crippen molar-refractivity contribution < 1.29 is 14.1 Å². The Kier molecular flexibility index (Phi) is 3.56. The number of amides is 2. The van der Waals surface area contributed by atoms with Crippen molar-refractivity contribution in [3.8, 4) is 0 Å². The molecule has 0 bridgehead atoms. The standard InChI is InChI=1S/C12H19N3O3/c1-7-5-15(6-8(2)17-7)12(16)13-11-9(3)14-18-10(11)4/h7-8H,5-6H2,1-4H3,(H,13,16). The number of carbonyl (C=O) groups is 1. The van der Waals surface area contributed by atoms with Crippen molar-refractivity contribution in [1.29, 1.82) is 0 Å². The van der Waals surface area contributed by atoms with E-state index in [1.807, 2.05) is 13.8 Å². The first-order valence-corrected chi connectivity index (χ1v) is 6.11. The van der Waals surface area contributed by atoms with Gasteiger partial charge in [-0.05, 0) is 27.7 Å². The van der Waals surface area contributed by atoms with Gasteiger partial charge in [0.1, 0.15) is 11.4 Å². The molecule has 1 aromatic heterocycles. The molecule has 1 N–H and O–H groups in total. The fourth-order valence-electron chi connectivity index (χ4n) is 2.19. The summed E-state index contributed by atoms with van der Waals surface area (Å²) in [6.07, 6.45) is 0.119. The van der Waals surface area contributed by atoms with Crippen LogP contribution in [0.4, 0.5) is 10.5 Å². The largest absolute Gasteiger partial charge is 0.372 e. The van der Waals surface area contributed by atoms with Crippen molar-refractivity contribution in [2.75, 3.05) is 18.4 Å². The number of rotatable bonds is 1. The number of aromatic nitrogens is 1. The van der Waals surface area contributed by atoms with Gasteiger partial charge in [-0.1, -0.05) is 5.16 Å². The van der Waals surface area contributed by atoms with Gasteiger partial charge in [0.05, 0.1) is 12.2 Å². The molecule has 0 saturated carbocycles. The quantitative estimate of drug-likeness (QED) is 0.830. The summed E-state index contributed by atoms with van der Waals surface area (Å²) in [4.78, 5) is 13.9. The lowest BCUT2D eigenvalue weighted by Gasteiger charge is -2.35. The summed E-state index contributed by atoms with van der Waals surface area (Å²) in [6, 6.07) is -0.133. The summed E-state index contributed by atoms with van der Waals surface area (Å²) in [6.45, 7) is 8.70. The molecule has 1 saturated heterocycles. The molecule has 18 heavy (non-hydrogen) atoms. The van der Waals surface area contributed by atoms with Gasteiger partial charge in [0.25, 0.3) is 0 Å². The summed E-state index contributed by atoms with van der Waals surface area (Å²) in [5, 5.41) is 6.66. The molecule has 1 aromatic rings. The van der Waals surface area contributed by atoms with Gasteiger partial charge in [0.2, 0.25) is 0 Å². The van der Waals surface area contributed by atoms with Crippen LogP contribution < -0.4 is 5.32 Å². The average Bonchev–Trinajstić information content (AvgIpc) is 2.59. The van der Waals surface area contributed by atoms with Crippen LogP contribution >= 0.6 is 0 Å². The van der Waals surface area contributed by atoms with E-state index in [0.29, 0.717) is 30.2 Å². The molecule has 2 rings (SSSR count). The number of nitrogens with one attached hydrogen (secondary N) is 1. The number of hydrogen-bond acceptors (Lipinski definition) is 4. The smallest absolute Gasteiger partial charge is 0.322 e. The fraction of sp³-hybridized carbons (Fsp3) is 0.667. The maximum absolute atomic E-state index is 12.2. The zero-order valence-electron chi connectivity index (χ0n) is 11.2. The lowest BCUT2D eigenvalue weighted by atomic mass is 10.2. The summed E-state index contributed by atoms with van der Waals surface area (Å²) < 4.78 is 10.6. The Labute approximate surface area is 106 Å². The van der Waals surface area contributed by atoms with E-state index < -0.39 is 0 Å². The van der Waals surface area contributed by atoms with Crippen LogP contribution in [-0.4, -0.2) is 41.4 Å². The van der Waals surface area contributed by atoms with Gasteiger partial charge in [0, 0.05) is 13.1 Å². The van der Waals surface area contributed by atoms with Crippen LogP contribution in [0.2, 0.25) is 0 Å². The number of hydrogen-bond donors (Lipinski definition) is 1. The van der Waals surface area contributed by atoms with Gasteiger partial charge in [-0.25, -0.2) is 4.79 Å². The molecule has 0 aromatic carbocycles. The van der Waals surface area contributed by atoms with Crippen LogP contribution in [0.25, 0.3) is 0 Å². The molecule has 6 heteroatoms. The highest BCUT2D eigenvalue weighted by Crippen LogP contribution is 2.20. The molecule has 2 amide bonds. The SMILES string of the molecule is Cc1noc(C)c1NC(=O)N1CC(C)OC(C)C1. The minimum atomic E-state index is -0.133. The summed E-state index contributed by atoms with van der Waals surface area (Å²) in [5.74, 6) is 0.621. The van der Waals surface area contributed by atoms with E-state index >= 15 is 0 Å². The highest BCUT2D eigenvalue weighted by atomic mass is 16.5. The van der Waals surface area contributed by atoms with Gasteiger partial charge in [0.15, 0.2) is 5.76 Å². The molecule has 0 spiro atoms. The summed E-state index contributed by atoms with van der Waals surface area (Å²) in [7, 11) is 0. The number of morpholine rings is 1. The van der Waals surface area contributed by atoms with Crippen molar-refractivity contribution >= 4 is 11.7 Å². The maximum atomic E-state index is 12.2. The first-order chi connectivity index (χ1) is 8.47. The average molecular weight is 253 g/mol. The van der Waals surface area contributed by atoms with Crippen LogP contribution in [0.3, 0.4) is 0 Å². The minimum absolute atomic E-state index is 0.0594. The monoisotopic (exact) mass is 253 g/mol. The Morgan fingerprint density at radius 2 is 1.94 bits per heavy atom. The second-order valence-corrected chi connectivity index (χ2v) is 4.79. The molecule has 100 valence electrons. The zero-order valence-corrected chi connectivity index (χ0v) is 11.2. The zero-order chi connectivity index (χ0) is 13.3. The number of aryl methyl sites for hydroxylation is 2. The van der Waals surface area contributed by atoms with Crippen LogP contribution in [0.5, 0.6) is 0 Å². The Balaban J connectivity index is 2.04. The lowest BCUT2D eigenvalue weighted by Crippen LogP contribution is -2.49. The Morgan fingerprint density at radius 3 is 2.44 bits per heavy atom. The molecule has 0 radical (unpaired) electrons. The molecule has 2 heterocycles. The van der Waals surface area contributed by atoms with E-state index in [-0.39, 0.29) is 18.2 Å². The van der Waals surface area contributed by atoms with E-state index in [2.05, 4.69) is 10.5 Å². The molecule has 1 aliphatic heterocycles. The molecule has 2 atom stereocenters. The van der Waals surface area contributed by atoms with E-state index in [0.717, 1.165) is 0 Å². The summed E-state index contributed by atoms with van der Waals surface area (Å²) in [5.41, 5.74) is 1.35. The molecule has 1 fully saturated rings. The number of anilines is 1. The number of carbonyl (C=O) groups excluding carboxylic acids is 1. The Morgan fingerprint density at radius 1 is 1.33 bits per heavy atom. The second kappa shape index (κ2) is 4.97. The molecule has 0 aliphatic carbocycles. The van der Waals surface area contributed by atoms with E-state index in [9.17, 15) is 4.79 Å². The highest BCUT2D eigenvalue weighted by molar-refractivity contribution is 5.90. The maximum Gasteiger partial charge on any atom is 0.322 e. The third-order valence-corrected chi connectivity index (χ3v) is 2.97. The van der Waals surface area contributed by atoms with Gasteiger partial charge in [-0.3, -0.25) is 0 Å². The van der Waals surface area contributed by atoms with E-state index in [4.69, 9.17) is 9.26 Å². The molecule has 1 aliphatic rings. The van der Waals surface area contributed by atoms with E-state index in [1.54, 1.807) is 18.7 Å². The van der Waals surface area contributed by atoms with Crippen molar-refractivity contribution in [3.05, 3.63) is 11.5 Å². The molecule has 6 nitrogen and oxygen atoms in total. The predicted molar refractivity (Wildman–Crippen MR) is 66.6 cm³/mol. The summed E-state index contributed by atoms with van der Waals surface area (Å²) >= 11 is 0. The molecule has 2 unspecified atom stereocenters. The van der Waals surface area contributed by atoms with Gasteiger partial charge in [-0.2, -0.15) is 0 Å². The van der Waals surface area contributed by atoms with E-state index in [1.165, 1.54) is 0 Å². The predicted octanol–water partition coefficient (Wildman–Crippen LogP) is 1.93. The van der Waals surface area contributed by atoms with Crippen molar-refractivity contribution in [2.45, 2.75) is 39.9 Å². The van der Waals surface area contributed by atoms with Crippen molar-refractivity contribution in [2.24, 2.45) is 0 Å². The minimum Gasteiger partial charge on any atom is -0.372 e. The first kappa shape index (κ1) is 12.9. The van der Waals surface area contributed by atoms with Crippen LogP contribution in [0.1, 0.15) is 25.3 Å². The number of ether oxygens (including phenoxy) is 1. The third-order valence-electron chi connectivity index (χ3n) is 2.97. The second-order valence-electron chi connectivity index (χ2n) is 4.79. The first-order valence-electron chi connectivity index (χ1n) is 6.11. The van der Waals surface area contributed by atoms with Gasteiger partial charge < -0.3 is 19.5 Å². The normalized spacial score (nSPS) is 24.1. The lowest BCUT2D eigenvalue weighted by molar-refractivity contribution is -0.0530. The van der Waals surface area contributed by atoms with Crippen LogP contribution in [0.15, 0.2) is 4.52 Å². The van der Waals surface area contributed by atoms with Crippen LogP contribution in [0, 0.1) is 13.8 Å². The Bertz CT molecular complexity index is 414.